The van der Waals surface area contributed by atoms with Gasteiger partial charge in [-0.2, -0.15) is 0 Å². The van der Waals surface area contributed by atoms with Crippen LogP contribution in [0.4, 0.5) is 0 Å². The zero-order valence-electron chi connectivity index (χ0n) is 10.4. The molecule has 6 nitrogen and oxygen atoms in total. The van der Waals surface area contributed by atoms with Gasteiger partial charge in [0, 0.05) is 19.2 Å². The van der Waals surface area contributed by atoms with E-state index in [0.717, 1.165) is 25.7 Å². The standard InChI is InChI=1S/C12H18N2O4/c1-17-7-10-6-11(14-18-10)12(16)13-8-2-4-9(15)5-3-8/h6,8-9,15H,2-5,7H2,1H3,(H,13,16). The molecule has 1 aliphatic carbocycles. The Hall–Kier alpha value is -1.40. The molecule has 2 rings (SSSR count). The van der Waals surface area contributed by atoms with Crippen LogP contribution in [0.5, 0.6) is 0 Å². The van der Waals surface area contributed by atoms with Crippen molar-refractivity contribution in [2.45, 2.75) is 44.4 Å². The van der Waals surface area contributed by atoms with Crippen LogP contribution in [0.15, 0.2) is 10.6 Å². The van der Waals surface area contributed by atoms with Crippen LogP contribution in [0.3, 0.4) is 0 Å². The summed E-state index contributed by atoms with van der Waals surface area (Å²) in [5.41, 5.74) is 0.271. The van der Waals surface area contributed by atoms with E-state index in [1.807, 2.05) is 0 Å². The van der Waals surface area contributed by atoms with E-state index >= 15 is 0 Å². The van der Waals surface area contributed by atoms with Gasteiger partial charge >= 0.3 is 0 Å². The summed E-state index contributed by atoms with van der Waals surface area (Å²) in [5.74, 6) is 0.296. The van der Waals surface area contributed by atoms with Crippen LogP contribution in [0.1, 0.15) is 41.9 Å². The molecule has 1 saturated carbocycles. The third-order valence-corrected chi connectivity index (χ3v) is 3.11. The lowest BCUT2D eigenvalue weighted by atomic mass is 9.93. The van der Waals surface area contributed by atoms with Crippen LogP contribution in [-0.4, -0.2) is 35.4 Å². The fourth-order valence-corrected chi connectivity index (χ4v) is 2.11. The lowest BCUT2D eigenvalue weighted by Crippen LogP contribution is -2.38. The molecule has 0 aromatic carbocycles. The van der Waals surface area contributed by atoms with Gasteiger partial charge in [-0.05, 0) is 25.7 Å². The maximum Gasteiger partial charge on any atom is 0.273 e. The molecule has 0 atom stereocenters. The number of hydrogen-bond acceptors (Lipinski definition) is 5. The van der Waals surface area contributed by atoms with E-state index in [-0.39, 0.29) is 23.7 Å². The van der Waals surface area contributed by atoms with Crippen LogP contribution in [0, 0.1) is 0 Å². The monoisotopic (exact) mass is 254 g/mol. The summed E-state index contributed by atoms with van der Waals surface area (Å²) in [7, 11) is 1.55. The van der Waals surface area contributed by atoms with E-state index in [1.165, 1.54) is 0 Å². The van der Waals surface area contributed by atoms with Crippen LogP contribution >= 0.6 is 0 Å². The Balaban J connectivity index is 1.86. The molecule has 1 aliphatic rings. The fraction of sp³-hybridized carbons (Fsp3) is 0.667. The molecule has 1 aromatic rings. The smallest absolute Gasteiger partial charge is 0.273 e. The molecule has 1 fully saturated rings. The Morgan fingerprint density at radius 2 is 2.28 bits per heavy atom. The number of amides is 1. The first-order valence-electron chi connectivity index (χ1n) is 6.12. The Morgan fingerprint density at radius 3 is 2.94 bits per heavy atom. The predicted molar refractivity (Wildman–Crippen MR) is 62.9 cm³/mol. The maximum absolute atomic E-state index is 11.9. The summed E-state index contributed by atoms with van der Waals surface area (Å²) in [6.45, 7) is 0.301. The second-order valence-electron chi connectivity index (χ2n) is 4.59. The number of rotatable bonds is 4. The first kappa shape index (κ1) is 13.0. The minimum absolute atomic E-state index is 0.114. The van der Waals surface area contributed by atoms with E-state index in [1.54, 1.807) is 13.2 Å². The van der Waals surface area contributed by atoms with Crippen LogP contribution in [0.25, 0.3) is 0 Å². The van der Waals surface area contributed by atoms with Crippen molar-refractivity contribution in [3.8, 4) is 0 Å². The zero-order chi connectivity index (χ0) is 13.0. The Kier molecular flexibility index (Phi) is 4.33. The van der Waals surface area contributed by atoms with Gasteiger partial charge in [0.25, 0.3) is 5.91 Å². The average molecular weight is 254 g/mol. The predicted octanol–water partition coefficient (Wildman–Crippen LogP) is 0.854. The second kappa shape index (κ2) is 5.97. The Morgan fingerprint density at radius 1 is 1.56 bits per heavy atom. The third-order valence-electron chi connectivity index (χ3n) is 3.11. The molecule has 0 aliphatic heterocycles. The van der Waals surface area contributed by atoms with Crippen LogP contribution in [-0.2, 0) is 11.3 Å². The zero-order valence-corrected chi connectivity index (χ0v) is 10.4. The molecular weight excluding hydrogens is 236 g/mol. The number of ether oxygens (including phenoxy) is 1. The number of carbonyl (C=O) groups is 1. The lowest BCUT2D eigenvalue weighted by molar-refractivity contribution is 0.0859. The Bertz CT molecular complexity index is 397. The molecule has 1 amide bonds. The van der Waals surface area contributed by atoms with Gasteiger partial charge in [0.05, 0.1) is 6.10 Å². The fourth-order valence-electron chi connectivity index (χ4n) is 2.11. The molecule has 2 N–H and O–H groups in total. The van der Waals surface area contributed by atoms with Gasteiger partial charge in [0.2, 0.25) is 0 Å². The highest BCUT2D eigenvalue weighted by Gasteiger charge is 2.22. The van der Waals surface area contributed by atoms with Gasteiger partial charge in [-0.1, -0.05) is 5.16 Å². The lowest BCUT2D eigenvalue weighted by Gasteiger charge is -2.25. The van der Waals surface area contributed by atoms with Gasteiger partial charge in [-0.25, -0.2) is 0 Å². The highest BCUT2D eigenvalue weighted by molar-refractivity contribution is 5.92. The van der Waals surface area contributed by atoms with E-state index in [9.17, 15) is 9.90 Å². The van der Waals surface area contributed by atoms with Crippen LogP contribution < -0.4 is 5.32 Å². The summed E-state index contributed by atoms with van der Waals surface area (Å²) in [5, 5.41) is 16.0. The second-order valence-corrected chi connectivity index (χ2v) is 4.59. The molecule has 1 aromatic heterocycles. The van der Waals surface area contributed by atoms with Gasteiger partial charge < -0.3 is 19.7 Å². The number of hydrogen-bond donors (Lipinski definition) is 2. The SMILES string of the molecule is COCc1cc(C(=O)NC2CCC(O)CC2)no1. The number of nitrogens with zero attached hydrogens (tertiary/aromatic N) is 1. The van der Waals surface area contributed by atoms with Crippen molar-refractivity contribution in [3.63, 3.8) is 0 Å². The molecule has 0 saturated heterocycles. The van der Waals surface area contributed by atoms with Crippen molar-refractivity contribution in [3.05, 3.63) is 17.5 Å². The minimum Gasteiger partial charge on any atom is -0.393 e. The molecule has 100 valence electrons. The number of aliphatic hydroxyl groups excluding tert-OH is 1. The number of methoxy groups -OCH3 is 1. The number of nitrogens with one attached hydrogen (secondary N) is 1. The molecule has 1 heterocycles. The molecule has 0 spiro atoms. The van der Waals surface area contributed by atoms with Gasteiger partial charge in [-0.15, -0.1) is 0 Å². The van der Waals surface area contributed by atoms with Gasteiger partial charge in [0.15, 0.2) is 11.5 Å². The third kappa shape index (κ3) is 3.30. The highest BCUT2D eigenvalue weighted by atomic mass is 16.5. The molecule has 0 bridgehead atoms. The summed E-state index contributed by atoms with van der Waals surface area (Å²) in [6.07, 6.45) is 2.85. The molecule has 0 radical (unpaired) electrons. The van der Waals surface area contributed by atoms with Gasteiger partial charge in [-0.3, -0.25) is 4.79 Å². The minimum atomic E-state index is -0.234. The Labute approximate surface area is 105 Å². The van der Waals surface area contributed by atoms with Crippen molar-refractivity contribution in [2.24, 2.45) is 0 Å². The van der Waals surface area contributed by atoms with Gasteiger partial charge in [0.1, 0.15) is 6.61 Å². The molecule has 0 unspecified atom stereocenters. The highest BCUT2D eigenvalue weighted by Crippen LogP contribution is 2.18. The quantitative estimate of drug-likeness (QED) is 0.832. The number of aromatic nitrogens is 1. The topological polar surface area (TPSA) is 84.6 Å². The first-order valence-corrected chi connectivity index (χ1v) is 6.12. The van der Waals surface area contributed by atoms with Crippen molar-refractivity contribution in [1.29, 1.82) is 0 Å². The maximum atomic E-state index is 11.9. The number of carbonyl (C=O) groups excluding carboxylic acids is 1. The number of aliphatic hydroxyl groups is 1. The normalized spacial score (nSPS) is 23.9. The molecule has 18 heavy (non-hydrogen) atoms. The van der Waals surface area contributed by atoms with Crippen LogP contribution in [0.2, 0.25) is 0 Å². The largest absolute Gasteiger partial charge is 0.393 e. The molecular formula is C12H18N2O4. The summed E-state index contributed by atoms with van der Waals surface area (Å²) < 4.78 is 9.85. The van der Waals surface area contributed by atoms with E-state index in [0.29, 0.717) is 12.4 Å². The average Bonchev–Trinajstić information content (AvgIpc) is 2.81. The summed E-state index contributed by atoms with van der Waals surface area (Å²) >= 11 is 0. The van der Waals surface area contributed by atoms with Crippen molar-refractivity contribution < 1.29 is 19.2 Å². The van der Waals surface area contributed by atoms with Crippen molar-refractivity contribution in [1.82, 2.24) is 10.5 Å². The summed E-state index contributed by atoms with van der Waals surface area (Å²) in [6, 6.07) is 1.69. The van der Waals surface area contributed by atoms with Crippen molar-refractivity contribution >= 4 is 5.91 Å². The van der Waals surface area contributed by atoms with E-state index in [4.69, 9.17) is 9.26 Å². The van der Waals surface area contributed by atoms with E-state index in [2.05, 4.69) is 10.5 Å². The first-order chi connectivity index (χ1) is 8.69. The molecule has 6 heteroatoms. The van der Waals surface area contributed by atoms with E-state index < -0.39 is 0 Å². The summed E-state index contributed by atoms with van der Waals surface area (Å²) in [4.78, 5) is 11.9. The van der Waals surface area contributed by atoms with Crippen molar-refractivity contribution in [2.75, 3.05) is 7.11 Å².